The number of piperazine rings is 1. The minimum atomic E-state index is 0.124. The third-order valence-corrected chi connectivity index (χ3v) is 4.62. The minimum Gasteiger partial charge on any atom is -0.332 e. The number of aromatic nitrogens is 5. The van der Waals surface area contributed by atoms with E-state index in [-0.39, 0.29) is 6.04 Å². The number of nitrogens with zero attached hydrogens (tertiary/aromatic N) is 6. The molecule has 1 saturated heterocycles. The monoisotopic (exact) mass is 329 g/mol. The zero-order valence-corrected chi connectivity index (χ0v) is 13.3. The second-order valence-corrected chi connectivity index (χ2v) is 6.14. The van der Waals surface area contributed by atoms with Gasteiger partial charge in [-0.05, 0) is 7.05 Å². The average molecular weight is 329 g/mol. The molecule has 0 aromatic carbocycles. The van der Waals surface area contributed by atoms with Gasteiger partial charge in [0.15, 0.2) is 5.82 Å². The summed E-state index contributed by atoms with van der Waals surface area (Å²) in [6.45, 7) is 2.75. The lowest BCUT2D eigenvalue weighted by atomic mass is 10.2. The summed E-state index contributed by atoms with van der Waals surface area (Å²) in [7, 11) is 2.07. The lowest BCUT2D eigenvalue weighted by Crippen LogP contribution is -2.44. The molecule has 1 atom stereocenters. The van der Waals surface area contributed by atoms with Crippen molar-refractivity contribution in [3.05, 3.63) is 29.8 Å². The first-order valence-corrected chi connectivity index (χ1v) is 8.16. The van der Waals surface area contributed by atoms with Gasteiger partial charge >= 0.3 is 0 Å². The molecule has 8 nitrogen and oxygen atoms in total. The highest BCUT2D eigenvalue weighted by atomic mass is 32.1. The van der Waals surface area contributed by atoms with Crippen molar-refractivity contribution in [2.45, 2.75) is 6.04 Å². The molecule has 1 aliphatic rings. The van der Waals surface area contributed by atoms with Crippen LogP contribution < -0.4 is 5.32 Å². The molecule has 3 aromatic heterocycles. The summed E-state index contributed by atoms with van der Waals surface area (Å²) in [6.07, 6.45) is 4.97. The molecule has 0 spiro atoms. The van der Waals surface area contributed by atoms with E-state index in [1.165, 1.54) is 11.3 Å². The zero-order valence-electron chi connectivity index (χ0n) is 12.5. The lowest BCUT2D eigenvalue weighted by Gasteiger charge is -2.30. The van der Waals surface area contributed by atoms with Crippen LogP contribution in [-0.4, -0.2) is 56.7 Å². The maximum Gasteiger partial charge on any atom is 0.277 e. The van der Waals surface area contributed by atoms with Gasteiger partial charge in [0.1, 0.15) is 16.4 Å². The van der Waals surface area contributed by atoms with E-state index in [0.29, 0.717) is 17.4 Å². The van der Waals surface area contributed by atoms with Gasteiger partial charge in [-0.2, -0.15) is 4.98 Å². The molecule has 118 valence electrons. The molecule has 0 saturated carbocycles. The summed E-state index contributed by atoms with van der Waals surface area (Å²) < 4.78 is 5.39. The van der Waals surface area contributed by atoms with Gasteiger partial charge < -0.3 is 9.84 Å². The molecule has 4 rings (SSSR count). The normalized spacial score (nSPS) is 19.1. The fourth-order valence-corrected chi connectivity index (χ4v) is 3.22. The van der Waals surface area contributed by atoms with Crippen LogP contribution in [0.2, 0.25) is 0 Å². The van der Waals surface area contributed by atoms with E-state index in [9.17, 15) is 0 Å². The van der Waals surface area contributed by atoms with Crippen LogP contribution in [0.3, 0.4) is 0 Å². The molecule has 1 unspecified atom stereocenters. The SMILES string of the molecule is CN1CCNCC1c1noc(-c2csc(-c3cnccn3)n2)n1. The van der Waals surface area contributed by atoms with Crippen molar-refractivity contribution >= 4 is 11.3 Å². The largest absolute Gasteiger partial charge is 0.332 e. The second kappa shape index (κ2) is 6.11. The molecule has 1 aliphatic heterocycles. The number of hydrogen-bond donors (Lipinski definition) is 1. The number of nitrogens with one attached hydrogen (secondary N) is 1. The van der Waals surface area contributed by atoms with Gasteiger partial charge in [-0.1, -0.05) is 5.16 Å². The number of hydrogen-bond acceptors (Lipinski definition) is 9. The summed E-state index contributed by atoms with van der Waals surface area (Å²) in [4.78, 5) is 19.6. The molecule has 1 N–H and O–H groups in total. The molecule has 0 bridgehead atoms. The van der Waals surface area contributed by atoms with Crippen molar-refractivity contribution in [3.63, 3.8) is 0 Å². The summed E-state index contributed by atoms with van der Waals surface area (Å²) in [5.41, 5.74) is 1.40. The quantitative estimate of drug-likeness (QED) is 0.767. The molecule has 0 radical (unpaired) electrons. The molecular weight excluding hydrogens is 314 g/mol. The van der Waals surface area contributed by atoms with Gasteiger partial charge in [-0.15, -0.1) is 11.3 Å². The van der Waals surface area contributed by atoms with Gasteiger partial charge in [0.05, 0.1) is 12.2 Å². The Labute approximate surface area is 136 Å². The predicted octanol–water partition coefficient (Wildman–Crippen LogP) is 1.23. The fourth-order valence-electron chi connectivity index (χ4n) is 2.47. The fraction of sp³-hybridized carbons (Fsp3) is 0.357. The molecule has 3 aromatic rings. The molecule has 23 heavy (non-hydrogen) atoms. The summed E-state index contributed by atoms with van der Waals surface area (Å²) in [5, 5.41) is 10.1. The van der Waals surface area contributed by atoms with Gasteiger partial charge in [-0.25, -0.2) is 4.98 Å². The van der Waals surface area contributed by atoms with Crippen LogP contribution in [0.4, 0.5) is 0 Å². The molecule has 0 aliphatic carbocycles. The van der Waals surface area contributed by atoms with Gasteiger partial charge in [0.25, 0.3) is 5.89 Å². The van der Waals surface area contributed by atoms with Crippen LogP contribution >= 0.6 is 11.3 Å². The Morgan fingerprint density at radius 2 is 2.26 bits per heavy atom. The Morgan fingerprint density at radius 3 is 3.09 bits per heavy atom. The van der Waals surface area contributed by atoms with Gasteiger partial charge in [0.2, 0.25) is 0 Å². The first-order chi connectivity index (χ1) is 11.3. The topological polar surface area (TPSA) is 92.9 Å². The maximum atomic E-state index is 5.39. The smallest absolute Gasteiger partial charge is 0.277 e. The van der Waals surface area contributed by atoms with Crippen molar-refractivity contribution < 1.29 is 4.52 Å². The number of likely N-dealkylation sites (N-methyl/N-ethyl adjacent to an activating group) is 1. The van der Waals surface area contributed by atoms with Gasteiger partial charge in [0, 0.05) is 37.4 Å². The van der Waals surface area contributed by atoms with E-state index in [0.717, 1.165) is 30.3 Å². The molecule has 4 heterocycles. The van der Waals surface area contributed by atoms with Crippen molar-refractivity contribution in [2.24, 2.45) is 0 Å². The minimum absolute atomic E-state index is 0.124. The van der Waals surface area contributed by atoms with E-state index in [1.54, 1.807) is 18.6 Å². The van der Waals surface area contributed by atoms with Gasteiger partial charge in [-0.3, -0.25) is 14.9 Å². The van der Waals surface area contributed by atoms with Crippen LogP contribution in [0.5, 0.6) is 0 Å². The van der Waals surface area contributed by atoms with E-state index < -0.39 is 0 Å². The summed E-state index contributed by atoms with van der Waals surface area (Å²) in [6, 6.07) is 0.124. The second-order valence-electron chi connectivity index (χ2n) is 5.29. The standard InChI is InChI=1S/C14H15N7OS/c1-21-5-4-16-7-11(21)12-19-13(22-20-12)10-8-23-14(18-10)9-6-15-2-3-17-9/h2-3,6,8,11,16H,4-5,7H2,1H3. The third-order valence-electron chi connectivity index (χ3n) is 3.76. The van der Waals surface area contributed by atoms with Crippen molar-refractivity contribution in [2.75, 3.05) is 26.7 Å². The van der Waals surface area contributed by atoms with E-state index in [2.05, 4.69) is 42.4 Å². The van der Waals surface area contributed by atoms with Crippen molar-refractivity contribution in [1.29, 1.82) is 0 Å². The van der Waals surface area contributed by atoms with E-state index >= 15 is 0 Å². The Hall–Kier alpha value is -2.23. The highest BCUT2D eigenvalue weighted by molar-refractivity contribution is 7.13. The number of rotatable bonds is 3. The summed E-state index contributed by atoms with van der Waals surface area (Å²) in [5.74, 6) is 1.12. The highest BCUT2D eigenvalue weighted by Gasteiger charge is 2.26. The van der Waals surface area contributed by atoms with E-state index in [1.807, 2.05) is 5.38 Å². The Morgan fingerprint density at radius 1 is 1.30 bits per heavy atom. The van der Waals surface area contributed by atoms with Crippen molar-refractivity contribution in [3.8, 4) is 22.3 Å². The van der Waals surface area contributed by atoms with Crippen LogP contribution in [-0.2, 0) is 0 Å². The Bertz CT molecular complexity index is 787. The van der Waals surface area contributed by atoms with E-state index in [4.69, 9.17) is 4.52 Å². The van der Waals surface area contributed by atoms with Crippen LogP contribution in [0.15, 0.2) is 28.5 Å². The first kappa shape index (κ1) is 14.4. The lowest BCUT2D eigenvalue weighted by molar-refractivity contribution is 0.190. The average Bonchev–Trinajstić information content (AvgIpc) is 3.25. The van der Waals surface area contributed by atoms with Crippen LogP contribution in [0.25, 0.3) is 22.3 Å². The van der Waals surface area contributed by atoms with Crippen molar-refractivity contribution in [1.82, 2.24) is 35.3 Å². The molecular formula is C14H15N7OS. The Balaban J connectivity index is 1.59. The van der Waals surface area contributed by atoms with Crippen LogP contribution in [0.1, 0.15) is 11.9 Å². The molecule has 1 fully saturated rings. The predicted molar refractivity (Wildman–Crippen MR) is 84.7 cm³/mol. The third kappa shape index (κ3) is 2.85. The molecule has 9 heteroatoms. The summed E-state index contributed by atoms with van der Waals surface area (Å²) >= 11 is 1.48. The highest BCUT2D eigenvalue weighted by Crippen LogP contribution is 2.27. The maximum absolute atomic E-state index is 5.39. The molecule has 0 amide bonds. The van der Waals surface area contributed by atoms with Crippen LogP contribution in [0, 0.1) is 0 Å². The zero-order chi connectivity index (χ0) is 15.6. The first-order valence-electron chi connectivity index (χ1n) is 7.28. The number of thiazole rings is 1. The Kier molecular flexibility index (Phi) is 3.82.